The van der Waals surface area contributed by atoms with Crippen molar-refractivity contribution in [1.82, 2.24) is 0 Å². The van der Waals surface area contributed by atoms with Gasteiger partial charge >= 0.3 is 0 Å². The van der Waals surface area contributed by atoms with E-state index in [-0.39, 0.29) is 11.4 Å². The van der Waals surface area contributed by atoms with E-state index < -0.39 is 9.85 Å². The van der Waals surface area contributed by atoms with Gasteiger partial charge < -0.3 is 9.80 Å². The fraction of sp³-hybridized carbons (Fsp3) is 0.571. The summed E-state index contributed by atoms with van der Waals surface area (Å²) < 4.78 is 0. The Kier molecular flexibility index (Phi) is 3.82. The fourth-order valence-electron chi connectivity index (χ4n) is 3.27. The van der Waals surface area contributed by atoms with Crippen molar-refractivity contribution < 1.29 is 9.85 Å². The van der Waals surface area contributed by atoms with E-state index in [0.29, 0.717) is 11.4 Å². The highest BCUT2D eigenvalue weighted by atomic mass is 16.6. The maximum atomic E-state index is 11.3. The lowest BCUT2D eigenvalue weighted by atomic mass is 10.1. The third-order valence-electron chi connectivity index (χ3n) is 4.36. The third-order valence-corrected chi connectivity index (χ3v) is 4.36. The first-order valence-electron chi connectivity index (χ1n) is 7.54. The molecule has 0 aromatic heterocycles. The lowest BCUT2D eigenvalue weighted by Gasteiger charge is -2.22. The average molecular weight is 306 g/mol. The van der Waals surface area contributed by atoms with Gasteiger partial charge in [0.25, 0.3) is 11.4 Å². The molecule has 118 valence electrons. The summed E-state index contributed by atoms with van der Waals surface area (Å²) in [4.78, 5) is 25.5. The monoisotopic (exact) mass is 306 g/mol. The van der Waals surface area contributed by atoms with Crippen molar-refractivity contribution in [2.75, 3.05) is 36.0 Å². The Balaban J connectivity index is 2.12. The van der Waals surface area contributed by atoms with Crippen LogP contribution in [0.1, 0.15) is 25.7 Å². The van der Waals surface area contributed by atoms with Gasteiger partial charge in [-0.15, -0.1) is 0 Å². The molecule has 0 bridgehead atoms. The van der Waals surface area contributed by atoms with Crippen LogP contribution in [0.15, 0.2) is 12.1 Å². The van der Waals surface area contributed by atoms with Gasteiger partial charge in [-0.1, -0.05) is 0 Å². The van der Waals surface area contributed by atoms with E-state index in [9.17, 15) is 20.2 Å². The van der Waals surface area contributed by atoms with Crippen LogP contribution in [0.3, 0.4) is 0 Å². The minimum atomic E-state index is -0.519. The quantitative estimate of drug-likeness (QED) is 0.627. The molecule has 8 heteroatoms. The van der Waals surface area contributed by atoms with Crippen LogP contribution < -0.4 is 9.80 Å². The number of nitro benzene ring substituents is 2. The molecule has 0 atom stereocenters. The Hall–Kier alpha value is -2.38. The molecule has 0 amide bonds. The second-order valence-corrected chi connectivity index (χ2v) is 5.73. The third kappa shape index (κ3) is 2.56. The number of benzene rings is 1. The molecule has 0 spiro atoms. The molecular formula is C14H18N4O4. The number of nitro groups is 2. The van der Waals surface area contributed by atoms with Crippen LogP contribution in [-0.2, 0) is 0 Å². The smallest absolute Gasteiger partial charge is 0.299 e. The Morgan fingerprint density at radius 2 is 1.09 bits per heavy atom. The first-order chi connectivity index (χ1) is 10.6. The molecule has 2 fully saturated rings. The molecule has 3 rings (SSSR count). The van der Waals surface area contributed by atoms with E-state index in [4.69, 9.17) is 0 Å². The van der Waals surface area contributed by atoms with E-state index in [1.807, 2.05) is 9.80 Å². The first-order valence-corrected chi connectivity index (χ1v) is 7.54. The van der Waals surface area contributed by atoms with Crippen LogP contribution in [0.5, 0.6) is 0 Å². The van der Waals surface area contributed by atoms with Crippen molar-refractivity contribution >= 4 is 22.7 Å². The maximum absolute atomic E-state index is 11.3. The SMILES string of the molecule is O=[N+]([O-])c1cc([N+](=O)[O-])c(N2CCCC2)cc1N1CCCC1. The zero-order valence-electron chi connectivity index (χ0n) is 12.2. The normalized spacial score (nSPS) is 18.0. The molecule has 22 heavy (non-hydrogen) atoms. The Labute approximate surface area is 127 Å². The molecule has 0 radical (unpaired) electrons. The topological polar surface area (TPSA) is 92.8 Å². The molecule has 0 unspecified atom stereocenters. The zero-order chi connectivity index (χ0) is 15.7. The minimum absolute atomic E-state index is 0.170. The predicted octanol–water partition coefficient (Wildman–Crippen LogP) is 2.70. The summed E-state index contributed by atoms with van der Waals surface area (Å²) in [6.45, 7) is 3.05. The Bertz CT molecular complexity index is 558. The number of rotatable bonds is 4. The predicted molar refractivity (Wildman–Crippen MR) is 82.6 cm³/mol. The second-order valence-electron chi connectivity index (χ2n) is 5.73. The van der Waals surface area contributed by atoms with Crippen LogP contribution in [-0.4, -0.2) is 36.0 Å². The molecule has 2 aliphatic rings. The summed E-state index contributed by atoms with van der Waals surface area (Å²) in [5.74, 6) is 0. The van der Waals surface area contributed by atoms with Crippen molar-refractivity contribution in [3.05, 3.63) is 32.4 Å². The molecule has 0 N–H and O–H groups in total. The molecule has 1 aromatic carbocycles. The van der Waals surface area contributed by atoms with Crippen LogP contribution in [0, 0.1) is 20.2 Å². The molecule has 2 aliphatic heterocycles. The molecular weight excluding hydrogens is 288 g/mol. The van der Waals surface area contributed by atoms with Crippen LogP contribution >= 0.6 is 0 Å². The number of nitrogens with zero attached hydrogens (tertiary/aromatic N) is 4. The number of anilines is 2. The highest BCUT2D eigenvalue weighted by Crippen LogP contribution is 2.41. The molecule has 1 aromatic rings. The van der Waals surface area contributed by atoms with Gasteiger partial charge in [0.2, 0.25) is 0 Å². The van der Waals surface area contributed by atoms with Crippen molar-refractivity contribution in [1.29, 1.82) is 0 Å². The Morgan fingerprint density at radius 3 is 1.41 bits per heavy atom. The molecule has 2 saturated heterocycles. The summed E-state index contributed by atoms with van der Waals surface area (Å²) in [5.41, 5.74) is 0.679. The summed E-state index contributed by atoms with van der Waals surface area (Å²) in [5, 5.41) is 22.7. The lowest BCUT2D eigenvalue weighted by molar-refractivity contribution is -0.393. The molecule has 8 nitrogen and oxygen atoms in total. The van der Waals surface area contributed by atoms with Crippen molar-refractivity contribution in [2.45, 2.75) is 25.7 Å². The van der Waals surface area contributed by atoms with Crippen LogP contribution in [0.25, 0.3) is 0 Å². The second kappa shape index (κ2) is 5.78. The van der Waals surface area contributed by atoms with Gasteiger partial charge in [-0.05, 0) is 31.7 Å². The van der Waals surface area contributed by atoms with Crippen molar-refractivity contribution in [3.8, 4) is 0 Å². The number of hydrogen-bond donors (Lipinski definition) is 0. The van der Waals surface area contributed by atoms with Crippen LogP contribution in [0.2, 0.25) is 0 Å². The van der Waals surface area contributed by atoms with Gasteiger partial charge in [0.1, 0.15) is 11.4 Å². The van der Waals surface area contributed by atoms with Crippen LogP contribution in [0.4, 0.5) is 22.7 Å². The van der Waals surface area contributed by atoms with E-state index >= 15 is 0 Å². The van der Waals surface area contributed by atoms with Gasteiger partial charge in [0, 0.05) is 26.2 Å². The van der Waals surface area contributed by atoms with Gasteiger partial charge in [0.05, 0.1) is 15.9 Å². The van der Waals surface area contributed by atoms with Gasteiger partial charge in [-0.25, -0.2) is 0 Å². The molecule has 0 saturated carbocycles. The van der Waals surface area contributed by atoms with Gasteiger partial charge in [0.15, 0.2) is 0 Å². The van der Waals surface area contributed by atoms with Crippen molar-refractivity contribution in [2.24, 2.45) is 0 Å². The van der Waals surface area contributed by atoms with Gasteiger partial charge in [-0.2, -0.15) is 0 Å². The molecule has 0 aliphatic carbocycles. The van der Waals surface area contributed by atoms with Gasteiger partial charge in [-0.3, -0.25) is 20.2 Å². The first kappa shape index (κ1) is 14.6. The standard InChI is InChI=1S/C14H18N4O4/c19-17(20)13-10-14(18(21)22)12(16-7-3-4-8-16)9-11(13)15-5-1-2-6-15/h9-10H,1-8H2. The largest absolute Gasteiger partial charge is 0.366 e. The summed E-state index contributed by atoms with van der Waals surface area (Å²) in [6.07, 6.45) is 3.97. The fourth-order valence-corrected chi connectivity index (χ4v) is 3.27. The molecule has 2 heterocycles. The van der Waals surface area contributed by atoms with E-state index in [1.165, 1.54) is 0 Å². The number of hydrogen-bond acceptors (Lipinski definition) is 6. The highest BCUT2D eigenvalue weighted by Gasteiger charge is 2.31. The minimum Gasteiger partial charge on any atom is -0.366 e. The summed E-state index contributed by atoms with van der Waals surface area (Å²) >= 11 is 0. The van der Waals surface area contributed by atoms with E-state index in [1.54, 1.807) is 6.07 Å². The Morgan fingerprint density at radius 1 is 0.727 bits per heavy atom. The summed E-state index contributed by atoms with van der Waals surface area (Å²) in [6, 6.07) is 2.77. The highest BCUT2D eigenvalue weighted by molar-refractivity contribution is 5.78. The lowest BCUT2D eigenvalue weighted by Crippen LogP contribution is -2.22. The van der Waals surface area contributed by atoms with E-state index in [2.05, 4.69) is 0 Å². The maximum Gasteiger partial charge on any atom is 0.299 e. The zero-order valence-corrected chi connectivity index (χ0v) is 12.2. The van der Waals surface area contributed by atoms with Crippen molar-refractivity contribution in [3.63, 3.8) is 0 Å². The average Bonchev–Trinajstić information content (AvgIpc) is 3.19. The van der Waals surface area contributed by atoms with E-state index in [0.717, 1.165) is 57.9 Å². The summed E-state index contributed by atoms with van der Waals surface area (Å²) in [7, 11) is 0.